The highest BCUT2D eigenvalue weighted by Crippen LogP contribution is 2.31. The lowest BCUT2D eigenvalue weighted by Gasteiger charge is -2.15. The molecule has 0 amide bonds. The molecule has 0 aromatic heterocycles. The Balaban J connectivity index is 2.24. The van der Waals surface area contributed by atoms with Crippen LogP contribution in [0.1, 0.15) is 18.1 Å². The zero-order valence-corrected chi connectivity index (χ0v) is 13.1. The summed E-state index contributed by atoms with van der Waals surface area (Å²) in [5.41, 5.74) is 7.02. The molecule has 0 aliphatic heterocycles. The molecule has 2 aromatic rings. The van der Waals surface area contributed by atoms with Gasteiger partial charge < -0.3 is 10.5 Å². The Morgan fingerprint density at radius 1 is 1.14 bits per heavy atom. The third kappa shape index (κ3) is 4.10. The fourth-order valence-electron chi connectivity index (χ4n) is 2.04. The predicted molar refractivity (Wildman–Crippen MR) is 84.5 cm³/mol. The summed E-state index contributed by atoms with van der Waals surface area (Å²) in [6, 6.07) is 9.96. The van der Waals surface area contributed by atoms with E-state index in [1.165, 1.54) is 6.07 Å². The van der Waals surface area contributed by atoms with E-state index in [4.69, 9.17) is 33.7 Å². The minimum absolute atomic E-state index is 0.0151. The normalized spacial score (nSPS) is 12.2. The first-order valence-corrected chi connectivity index (χ1v) is 7.33. The average Bonchev–Trinajstić information content (AvgIpc) is 2.40. The van der Waals surface area contributed by atoms with Gasteiger partial charge >= 0.3 is 0 Å². The third-order valence-corrected chi connectivity index (χ3v) is 3.66. The van der Waals surface area contributed by atoms with E-state index in [-0.39, 0.29) is 12.6 Å². The van der Waals surface area contributed by atoms with Crippen molar-refractivity contribution in [1.29, 1.82) is 0 Å². The van der Waals surface area contributed by atoms with Gasteiger partial charge in [0.05, 0.1) is 10.0 Å². The van der Waals surface area contributed by atoms with Gasteiger partial charge in [0.2, 0.25) is 0 Å². The van der Waals surface area contributed by atoms with E-state index in [9.17, 15) is 4.39 Å². The first-order chi connectivity index (χ1) is 9.99. The van der Waals surface area contributed by atoms with Crippen LogP contribution in [-0.4, -0.2) is 6.04 Å². The van der Waals surface area contributed by atoms with E-state index in [2.05, 4.69) is 0 Å². The summed E-state index contributed by atoms with van der Waals surface area (Å²) >= 11 is 12.2. The van der Waals surface area contributed by atoms with Crippen LogP contribution in [0.25, 0.3) is 0 Å². The topological polar surface area (TPSA) is 35.2 Å². The summed E-state index contributed by atoms with van der Waals surface area (Å²) in [5.74, 6) is 0.124. The smallest absolute Gasteiger partial charge is 0.141 e. The van der Waals surface area contributed by atoms with Crippen molar-refractivity contribution in [3.63, 3.8) is 0 Å². The quantitative estimate of drug-likeness (QED) is 0.870. The minimum Gasteiger partial charge on any atom is -0.487 e. The molecule has 2 aromatic carbocycles. The Kier molecular flexibility index (Phi) is 5.45. The van der Waals surface area contributed by atoms with Gasteiger partial charge in [0.15, 0.2) is 0 Å². The maximum atomic E-state index is 13.7. The van der Waals surface area contributed by atoms with Gasteiger partial charge in [-0.3, -0.25) is 0 Å². The van der Waals surface area contributed by atoms with E-state index in [1.807, 2.05) is 19.1 Å². The molecular weight excluding hydrogens is 312 g/mol. The number of rotatable bonds is 5. The molecule has 2 rings (SSSR count). The Morgan fingerprint density at radius 2 is 1.81 bits per heavy atom. The van der Waals surface area contributed by atoms with Gasteiger partial charge in [0.25, 0.3) is 0 Å². The molecular formula is C16H16Cl2FNO. The van der Waals surface area contributed by atoms with Crippen molar-refractivity contribution in [2.45, 2.75) is 26.0 Å². The molecule has 2 nitrogen and oxygen atoms in total. The van der Waals surface area contributed by atoms with Gasteiger partial charge in [-0.2, -0.15) is 0 Å². The lowest BCUT2D eigenvalue weighted by molar-refractivity contribution is 0.296. The summed E-state index contributed by atoms with van der Waals surface area (Å²) in [5, 5.41) is 0.802. The fourth-order valence-corrected chi connectivity index (χ4v) is 2.50. The third-order valence-electron chi connectivity index (χ3n) is 3.01. The Labute approximate surface area is 133 Å². The van der Waals surface area contributed by atoms with Crippen LogP contribution >= 0.6 is 23.2 Å². The highest BCUT2D eigenvalue weighted by atomic mass is 35.5. The first-order valence-electron chi connectivity index (χ1n) is 6.57. The second-order valence-corrected chi connectivity index (χ2v) is 5.71. The molecule has 0 aliphatic rings. The van der Waals surface area contributed by atoms with Crippen molar-refractivity contribution in [3.8, 4) is 5.75 Å². The van der Waals surface area contributed by atoms with Crippen molar-refractivity contribution in [3.05, 3.63) is 63.4 Å². The molecule has 0 saturated carbocycles. The van der Waals surface area contributed by atoms with Gasteiger partial charge in [-0.15, -0.1) is 0 Å². The largest absolute Gasteiger partial charge is 0.487 e. The summed E-state index contributed by atoms with van der Waals surface area (Å²) in [6.45, 7) is 1.92. The van der Waals surface area contributed by atoms with Crippen LogP contribution in [0.4, 0.5) is 4.39 Å². The molecule has 21 heavy (non-hydrogen) atoms. The number of halogens is 3. The molecule has 0 saturated heterocycles. The van der Waals surface area contributed by atoms with Crippen LogP contribution in [0.5, 0.6) is 5.75 Å². The fraction of sp³-hybridized carbons (Fsp3) is 0.250. The number of benzene rings is 2. The SMILES string of the molecule is CC(N)Cc1cccc(Cl)c1OCc1c(F)cccc1Cl. The lowest BCUT2D eigenvalue weighted by Crippen LogP contribution is -2.18. The number of hydrogen-bond donors (Lipinski definition) is 1. The molecule has 0 radical (unpaired) electrons. The van der Waals surface area contributed by atoms with E-state index < -0.39 is 5.82 Å². The number of hydrogen-bond acceptors (Lipinski definition) is 2. The van der Waals surface area contributed by atoms with Crippen LogP contribution in [0.15, 0.2) is 36.4 Å². The van der Waals surface area contributed by atoms with Crippen molar-refractivity contribution in [1.82, 2.24) is 0 Å². The zero-order valence-electron chi connectivity index (χ0n) is 11.6. The first kappa shape index (κ1) is 16.1. The molecule has 2 N–H and O–H groups in total. The van der Waals surface area contributed by atoms with Gasteiger partial charge in [-0.25, -0.2) is 4.39 Å². The zero-order chi connectivity index (χ0) is 15.4. The maximum Gasteiger partial charge on any atom is 0.141 e. The van der Waals surface area contributed by atoms with Crippen molar-refractivity contribution >= 4 is 23.2 Å². The number of nitrogens with two attached hydrogens (primary N) is 1. The lowest BCUT2D eigenvalue weighted by atomic mass is 10.1. The average molecular weight is 328 g/mol. The van der Waals surface area contributed by atoms with Gasteiger partial charge in [0.1, 0.15) is 18.2 Å². The van der Waals surface area contributed by atoms with Crippen molar-refractivity contribution in [2.24, 2.45) is 5.73 Å². The number of para-hydroxylation sites is 1. The molecule has 0 aliphatic carbocycles. The van der Waals surface area contributed by atoms with E-state index in [1.54, 1.807) is 18.2 Å². The molecule has 112 valence electrons. The molecule has 0 heterocycles. The molecule has 0 bridgehead atoms. The highest BCUT2D eigenvalue weighted by Gasteiger charge is 2.13. The Bertz CT molecular complexity index is 611. The van der Waals surface area contributed by atoms with Gasteiger partial charge in [-0.05, 0) is 37.1 Å². The number of ether oxygens (including phenoxy) is 1. The second-order valence-electron chi connectivity index (χ2n) is 4.90. The summed E-state index contributed by atoms with van der Waals surface area (Å²) in [4.78, 5) is 0. The van der Waals surface area contributed by atoms with Gasteiger partial charge in [-0.1, -0.05) is 41.4 Å². The standard InChI is InChI=1S/C16H16Cl2FNO/c1-10(20)8-11-4-2-6-14(18)16(11)21-9-12-13(17)5-3-7-15(12)19/h2-7,10H,8-9,20H2,1H3. The van der Waals surface area contributed by atoms with Crippen molar-refractivity contribution < 1.29 is 9.13 Å². The van der Waals surface area contributed by atoms with E-state index >= 15 is 0 Å². The van der Waals surface area contributed by atoms with Crippen LogP contribution in [-0.2, 0) is 13.0 Å². The maximum absolute atomic E-state index is 13.7. The predicted octanol–water partition coefficient (Wildman–Crippen LogP) is 4.60. The van der Waals surface area contributed by atoms with E-state index in [0.717, 1.165) is 5.56 Å². The minimum atomic E-state index is -0.400. The summed E-state index contributed by atoms with van der Waals surface area (Å²) in [6.07, 6.45) is 0.626. The second kappa shape index (κ2) is 7.12. The van der Waals surface area contributed by atoms with Crippen LogP contribution in [0, 0.1) is 5.82 Å². The highest BCUT2D eigenvalue weighted by molar-refractivity contribution is 6.32. The molecule has 1 unspecified atom stereocenters. The monoisotopic (exact) mass is 327 g/mol. The van der Waals surface area contributed by atoms with Crippen molar-refractivity contribution in [2.75, 3.05) is 0 Å². The van der Waals surface area contributed by atoms with Crippen LogP contribution in [0.2, 0.25) is 10.0 Å². The molecule has 1 atom stereocenters. The summed E-state index contributed by atoms with van der Waals surface area (Å²) < 4.78 is 19.5. The molecule has 5 heteroatoms. The van der Waals surface area contributed by atoms with E-state index in [0.29, 0.717) is 27.8 Å². The van der Waals surface area contributed by atoms with Crippen LogP contribution in [0.3, 0.4) is 0 Å². The molecule has 0 spiro atoms. The Hall–Kier alpha value is -1.29. The van der Waals surface area contributed by atoms with Crippen LogP contribution < -0.4 is 10.5 Å². The summed E-state index contributed by atoms with van der Waals surface area (Å²) in [7, 11) is 0. The van der Waals surface area contributed by atoms with Gasteiger partial charge in [0, 0.05) is 11.6 Å². The Morgan fingerprint density at radius 3 is 2.48 bits per heavy atom. The molecule has 0 fully saturated rings.